The molecule has 0 radical (unpaired) electrons. The number of para-hydroxylation sites is 1. The lowest BCUT2D eigenvalue weighted by Gasteiger charge is -2.22. The summed E-state index contributed by atoms with van der Waals surface area (Å²) >= 11 is 3.98. The van der Waals surface area contributed by atoms with Gasteiger partial charge in [0.1, 0.15) is 0 Å². The summed E-state index contributed by atoms with van der Waals surface area (Å²) in [5.74, 6) is 1.33. The van der Waals surface area contributed by atoms with Gasteiger partial charge in [-0.05, 0) is 37.3 Å². The number of likely N-dealkylation sites (N-methyl/N-ethyl adjacent to an activating group) is 1. The molecule has 2 unspecified atom stereocenters. The number of hydrogen-bond acceptors (Lipinski definition) is 4. The average molecular weight is 292 g/mol. The smallest absolute Gasteiger partial charge is 0.0954 e. The highest BCUT2D eigenvalue weighted by atomic mass is 32.2. The fraction of sp³-hybridized carbons (Fsp3) is 0.533. The van der Waals surface area contributed by atoms with E-state index in [-0.39, 0.29) is 0 Å². The summed E-state index contributed by atoms with van der Waals surface area (Å²) in [6.45, 7) is 3.25. The van der Waals surface area contributed by atoms with Crippen molar-refractivity contribution in [3.63, 3.8) is 0 Å². The molecule has 3 rings (SSSR count). The number of aromatic nitrogens is 1. The number of nitrogens with zero attached hydrogens (tertiary/aromatic N) is 1. The lowest BCUT2D eigenvalue weighted by atomic mass is 10.1. The first-order valence-electron chi connectivity index (χ1n) is 7.06. The van der Waals surface area contributed by atoms with Gasteiger partial charge >= 0.3 is 0 Å². The number of rotatable bonds is 5. The van der Waals surface area contributed by atoms with Crippen LogP contribution in [-0.4, -0.2) is 28.6 Å². The van der Waals surface area contributed by atoms with E-state index in [2.05, 4.69) is 48.3 Å². The van der Waals surface area contributed by atoms with E-state index in [4.69, 9.17) is 4.98 Å². The molecule has 1 saturated heterocycles. The minimum atomic E-state index is 0.582. The van der Waals surface area contributed by atoms with E-state index in [9.17, 15) is 0 Å². The predicted octanol–water partition coefficient (Wildman–Crippen LogP) is 3.71. The molecule has 0 amide bonds. The molecule has 2 heterocycles. The van der Waals surface area contributed by atoms with Crippen molar-refractivity contribution in [2.75, 3.05) is 12.3 Å². The molecule has 102 valence electrons. The Labute approximate surface area is 123 Å². The highest BCUT2D eigenvalue weighted by Gasteiger charge is 2.26. The lowest BCUT2D eigenvalue weighted by Crippen LogP contribution is -2.38. The van der Waals surface area contributed by atoms with Gasteiger partial charge in [-0.2, -0.15) is 11.8 Å². The third-order valence-electron chi connectivity index (χ3n) is 3.61. The van der Waals surface area contributed by atoms with E-state index in [1.54, 1.807) is 0 Å². The Bertz CT molecular complexity index is 499. The summed E-state index contributed by atoms with van der Waals surface area (Å²) in [6, 6.07) is 9.03. The maximum absolute atomic E-state index is 4.78. The number of fused-ring (bicyclic) bond motifs is 1. The van der Waals surface area contributed by atoms with Crippen LogP contribution in [0.3, 0.4) is 0 Å². The van der Waals surface area contributed by atoms with E-state index in [0.29, 0.717) is 6.04 Å². The zero-order valence-electron chi connectivity index (χ0n) is 11.3. The first-order valence-corrected chi connectivity index (χ1v) is 8.93. The molecule has 0 spiro atoms. The van der Waals surface area contributed by atoms with Crippen LogP contribution in [0.15, 0.2) is 24.3 Å². The van der Waals surface area contributed by atoms with Crippen LogP contribution in [0.5, 0.6) is 0 Å². The predicted molar refractivity (Wildman–Crippen MR) is 86.3 cm³/mol. The molecule has 2 nitrogen and oxygen atoms in total. The summed E-state index contributed by atoms with van der Waals surface area (Å²) in [7, 11) is 0. The Balaban J connectivity index is 1.76. The van der Waals surface area contributed by atoms with Crippen molar-refractivity contribution in [2.45, 2.75) is 37.5 Å². The molecule has 0 bridgehead atoms. The second kappa shape index (κ2) is 6.25. The van der Waals surface area contributed by atoms with Crippen molar-refractivity contribution in [2.24, 2.45) is 0 Å². The van der Waals surface area contributed by atoms with Crippen LogP contribution in [0.25, 0.3) is 10.2 Å². The third kappa shape index (κ3) is 3.12. The zero-order chi connectivity index (χ0) is 13.1. The number of hydrogen-bond donors (Lipinski definition) is 1. The van der Waals surface area contributed by atoms with Crippen molar-refractivity contribution in [1.29, 1.82) is 0 Å². The van der Waals surface area contributed by atoms with Crippen LogP contribution < -0.4 is 5.32 Å². The molecule has 1 N–H and O–H groups in total. The molecule has 1 aliphatic heterocycles. The van der Waals surface area contributed by atoms with Gasteiger partial charge in [-0.25, -0.2) is 4.98 Å². The van der Waals surface area contributed by atoms with Crippen LogP contribution in [0.2, 0.25) is 0 Å². The molecule has 19 heavy (non-hydrogen) atoms. The van der Waals surface area contributed by atoms with E-state index < -0.39 is 0 Å². The van der Waals surface area contributed by atoms with Crippen LogP contribution in [0.4, 0.5) is 0 Å². The van der Waals surface area contributed by atoms with Crippen LogP contribution in [0, 0.1) is 0 Å². The van der Waals surface area contributed by atoms with Crippen molar-refractivity contribution in [3.05, 3.63) is 29.3 Å². The minimum Gasteiger partial charge on any atom is -0.313 e. The van der Waals surface area contributed by atoms with Gasteiger partial charge in [0.15, 0.2) is 0 Å². The van der Waals surface area contributed by atoms with Gasteiger partial charge in [-0.15, -0.1) is 11.3 Å². The molecule has 1 aliphatic rings. The van der Waals surface area contributed by atoms with E-state index >= 15 is 0 Å². The van der Waals surface area contributed by atoms with Gasteiger partial charge in [0.2, 0.25) is 0 Å². The van der Waals surface area contributed by atoms with Crippen molar-refractivity contribution < 1.29 is 0 Å². The summed E-state index contributed by atoms with van der Waals surface area (Å²) in [4.78, 5) is 4.78. The first kappa shape index (κ1) is 13.4. The van der Waals surface area contributed by atoms with Crippen LogP contribution in [0.1, 0.15) is 24.8 Å². The van der Waals surface area contributed by atoms with Gasteiger partial charge in [0, 0.05) is 17.7 Å². The van der Waals surface area contributed by atoms with E-state index in [0.717, 1.165) is 23.7 Å². The quantitative estimate of drug-likeness (QED) is 0.909. The second-order valence-corrected chi connectivity index (χ2v) is 7.46. The van der Waals surface area contributed by atoms with Crippen molar-refractivity contribution in [3.8, 4) is 0 Å². The molecule has 1 aromatic carbocycles. The SMILES string of the molecule is CCNC(Cc1nc2ccccc2s1)C1CCCS1. The molecular weight excluding hydrogens is 272 g/mol. The van der Waals surface area contributed by atoms with Crippen LogP contribution in [-0.2, 0) is 6.42 Å². The van der Waals surface area contributed by atoms with Gasteiger partial charge < -0.3 is 5.32 Å². The highest BCUT2D eigenvalue weighted by molar-refractivity contribution is 8.00. The van der Waals surface area contributed by atoms with Gasteiger partial charge in [-0.1, -0.05) is 19.1 Å². The molecule has 1 fully saturated rings. The van der Waals surface area contributed by atoms with Gasteiger partial charge in [0.05, 0.1) is 15.2 Å². The second-order valence-electron chi connectivity index (χ2n) is 5.00. The normalized spacial score (nSPS) is 21.0. The fourth-order valence-electron chi connectivity index (χ4n) is 2.71. The monoisotopic (exact) mass is 292 g/mol. The average Bonchev–Trinajstić information content (AvgIpc) is 3.07. The van der Waals surface area contributed by atoms with Crippen LogP contribution >= 0.6 is 23.1 Å². The Kier molecular flexibility index (Phi) is 4.41. The molecule has 2 atom stereocenters. The number of nitrogens with one attached hydrogen (secondary N) is 1. The Morgan fingerprint density at radius 3 is 3.05 bits per heavy atom. The lowest BCUT2D eigenvalue weighted by molar-refractivity contribution is 0.495. The molecule has 0 aliphatic carbocycles. The number of thiazole rings is 1. The number of thioether (sulfide) groups is 1. The van der Waals surface area contributed by atoms with Crippen molar-refractivity contribution >= 4 is 33.3 Å². The number of benzene rings is 1. The van der Waals surface area contributed by atoms with Gasteiger partial charge in [0.25, 0.3) is 0 Å². The van der Waals surface area contributed by atoms with E-state index in [1.807, 2.05) is 11.3 Å². The summed E-state index contributed by atoms with van der Waals surface area (Å²) in [5, 5.41) is 5.71. The maximum atomic E-state index is 4.78. The summed E-state index contributed by atoms with van der Waals surface area (Å²) < 4.78 is 1.31. The Hall–Kier alpha value is -0.580. The molecule has 0 saturated carbocycles. The highest BCUT2D eigenvalue weighted by Crippen LogP contribution is 2.31. The molecule has 1 aromatic heterocycles. The molecular formula is C15H20N2S2. The first-order chi connectivity index (χ1) is 9.36. The topological polar surface area (TPSA) is 24.9 Å². The summed E-state index contributed by atoms with van der Waals surface area (Å²) in [5.41, 5.74) is 1.15. The Morgan fingerprint density at radius 1 is 1.42 bits per heavy atom. The molecule has 4 heteroatoms. The summed E-state index contributed by atoms with van der Waals surface area (Å²) in [6.07, 6.45) is 3.80. The standard InChI is InChI=1S/C15H20N2S2/c1-2-16-12(13-8-5-9-18-13)10-15-17-11-6-3-4-7-14(11)19-15/h3-4,6-7,12-13,16H,2,5,8-10H2,1H3. The maximum Gasteiger partial charge on any atom is 0.0954 e. The largest absolute Gasteiger partial charge is 0.313 e. The third-order valence-corrected chi connectivity index (χ3v) is 6.19. The Morgan fingerprint density at radius 2 is 2.32 bits per heavy atom. The van der Waals surface area contributed by atoms with E-state index in [1.165, 1.54) is 28.3 Å². The fourth-order valence-corrected chi connectivity index (χ4v) is 5.13. The molecule has 2 aromatic rings. The zero-order valence-corrected chi connectivity index (χ0v) is 12.9. The van der Waals surface area contributed by atoms with Gasteiger partial charge in [-0.3, -0.25) is 0 Å². The van der Waals surface area contributed by atoms with Crippen molar-refractivity contribution in [1.82, 2.24) is 10.3 Å². The minimum absolute atomic E-state index is 0.582.